The first-order valence-electron chi connectivity index (χ1n) is 8.26. The number of nitrogens with one attached hydrogen (secondary N) is 2. The number of ether oxygens (including phenoxy) is 1. The second kappa shape index (κ2) is 8.86. The van der Waals surface area contributed by atoms with Gasteiger partial charge in [-0.15, -0.1) is 0 Å². The molecule has 1 aromatic heterocycles. The number of hydrogen-bond acceptors (Lipinski definition) is 5. The molecule has 0 aliphatic carbocycles. The molecule has 0 atom stereocenters. The summed E-state index contributed by atoms with van der Waals surface area (Å²) >= 11 is 0. The zero-order valence-corrected chi connectivity index (χ0v) is 14.4. The first-order valence-corrected chi connectivity index (χ1v) is 8.26. The summed E-state index contributed by atoms with van der Waals surface area (Å²) in [7, 11) is 0. The molecule has 0 saturated heterocycles. The van der Waals surface area contributed by atoms with Gasteiger partial charge >= 0.3 is 0 Å². The molecule has 1 aromatic carbocycles. The first-order chi connectivity index (χ1) is 11.6. The SMILES string of the molecule is CCCCNC(=O)c1cc(C)nc(Nc2ccc(OCC)cc2)n1. The summed E-state index contributed by atoms with van der Waals surface area (Å²) in [5.74, 6) is 1.03. The zero-order chi connectivity index (χ0) is 17.4. The first kappa shape index (κ1) is 17.7. The van der Waals surface area contributed by atoms with Gasteiger partial charge in [0.15, 0.2) is 0 Å². The molecule has 6 nitrogen and oxygen atoms in total. The Kier molecular flexibility index (Phi) is 6.54. The Labute approximate surface area is 142 Å². The smallest absolute Gasteiger partial charge is 0.270 e. The van der Waals surface area contributed by atoms with Crippen molar-refractivity contribution in [2.75, 3.05) is 18.5 Å². The van der Waals surface area contributed by atoms with Crippen LogP contribution in [0.4, 0.5) is 11.6 Å². The van der Waals surface area contributed by atoms with Crippen LogP contribution in [0, 0.1) is 6.92 Å². The predicted molar refractivity (Wildman–Crippen MR) is 94.9 cm³/mol. The lowest BCUT2D eigenvalue weighted by molar-refractivity contribution is 0.0948. The van der Waals surface area contributed by atoms with E-state index in [-0.39, 0.29) is 5.91 Å². The molecule has 6 heteroatoms. The third kappa shape index (κ3) is 5.22. The van der Waals surface area contributed by atoms with E-state index in [0.717, 1.165) is 30.0 Å². The molecule has 0 bridgehead atoms. The highest BCUT2D eigenvalue weighted by molar-refractivity contribution is 5.92. The molecule has 24 heavy (non-hydrogen) atoms. The molecule has 0 spiro atoms. The molecule has 2 N–H and O–H groups in total. The topological polar surface area (TPSA) is 76.1 Å². The van der Waals surface area contributed by atoms with Crippen LogP contribution in [0.1, 0.15) is 42.9 Å². The number of hydrogen-bond donors (Lipinski definition) is 2. The van der Waals surface area contributed by atoms with Gasteiger partial charge in [-0.1, -0.05) is 13.3 Å². The number of carbonyl (C=O) groups is 1. The Morgan fingerprint density at radius 3 is 2.58 bits per heavy atom. The van der Waals surface area contributed by atoms with Crippen molar-refractivity contribution in [2.24, 2.45) is 0 Å². The molecular weight excluding hydrogens is 304 g/mol. The number of carbonyl (C=O) groups excluding carboxylic acids is 1. The van der Waals surface area contributed by atoms with E-state index >= 15 is 0 Å². The molecule has 2 rings (SSSR count). The fourth-order valence-electron chi connectivity index (χ4n) is 2.14. The van der Waals surface area contributed by atoms with Crippen LogP contribution in [0.3, 0.4) is 0 Å². The fraction of sp³-hybridized carbons (Fsp3) is 0.389. The molecule has 0 aliphatic rings. The summed E-state index contributed by atoms with van der Waals surface area (Å²) in [4.78, 5) is 20.8. The standard InChI is InChI=1S/C18H24N4O2/c1-4-6-11-19-17(23)16-12-13(3)20-18(22-16)21-14-7-9-15(10-8-14)24-5-2/h7-10,12H,4-6,11H2,1-3H3,(H,19,23)(H,20,21,22). The number of anilines is 2. The fourth-order valence-corrected chi connectivity index (χ4v) is 2.14. The highest BCUT2D eigenvalue weighted by atomic mass is 16.5. The Balaban J connectivity index is 2.08. The van der Waals surface area contributed by atoms with Gasteiger partial charge in [0.2, 0.25) is 5.95 Å². The summed E-state index contributed by atoms with van der Waals surface area (Å²) in [5, 5.41) is 5.98. The Morgan fingerprint density at radius 1 is 1.17 bits per heavy atom. The normalized spacial score (nSPS) is 10.3. The van der Waals surface area contributed by atoms with Gasteiger partial charge in [0.25, 0.3) is 5.91 Å². The number of benzene rings is 1. The highest BCUT2D eigenvalue weighted by Gasteiger charge is 2.10. The van der Waals surface area contributed by atoms with Crippen molar-refractivity contribution in [3.05, 3.63) is 41.7 Å². The third-order valence-corrected chi connectivity index (χ3v) is 3.32. The van der Waals surface area contributed by atoms with Crippen LogP contribution >= 0.6 is 0 Å². The van der Waals surface area contributed by atoms with Crippen LogP contribution in [0.15, 0.2) is 30.3 Å². The van der Waals surface area contributed by atoms with E-state index in [4.69, 9.17) is 4.74 Å². The van der Waals surface area contributed by atoms with Crippen LogP contribution < -0.4 is 15.4 Å². The summed E-state index contributed by atoms with van der Waals surface area (Å²) in [6.45, 7) is 7.15. The van der Waals surface area contributed by atoms with E-state index in [1.807, 2.05) is 38.1 Å². The number of nitrogens with zero attached hydrogens (tertiary/aromatic N) is 2. The molecule has 0 radical (unpaired) electrons. The van der Waals surface area contributed by atoms with Gasteiger partial charge in [-0.25, -0.2) is 9.97 Å². The van der Waals surface area contributed by atoms with Crippen LogP contribution in [0.2, 0.25) is 0 Å². The van der Waals surface area contributed by atoms with Gasteiger partial charge in [-0.2, -0.15) is 0 Å². The van der Waals surface area contributed by atoms with Gasteiger partial charge < -0.3 is 15.4 Å². The largest absolute Gasteiger partial charge is 0.494 e. The molecule has 0 aliphatic heterocycles. The summed E-state index contributed by atoms with van der Waals surface area (Å²) in [5.41, 5.74) is 1.94. The number of rotatable bonds is 8. The number of unbranched alkanes of at least 4 members (excludes halogenated alkanes) is 1. The van der Waals surface area contributed by atoms with Gasteiger partial charge in [-0.3, -0.25) is 4.79 Å². The molecule has 0 unspecified atom stereocenters. The van der Waals surface area contributed by atoms with E-state index in [1.165, 1.54) is 0 Å². The summed E-state index contributed by atoms with van der Waals surface area (Å²) in [6.07, 6.45) is 1.99. The molecule has 2 aromatic rings. The molecular formula is C18H24N4O2. The predicted octanol–water partition coefficient (Wildman–Crippen LogP) is 3.46. The average Bonchev–Trinajstić information content (AvgIpc) is 2.56. The van der Waals surface area contributed by atoms with E-state index in [0.29, 0.717) is 24.8 Å². The minimum atomic E-state index is -0.177. The van der Waals surface area contributed by atoms with E-state index in [2.05, 4.69) is 27.5 Å². The van der Waals surface area contributed by atoms with Gasteiger partial charge in [0.05, 0.1) is 6.61 Å². The average molecular weight is 328 g/mol. The summed E-state index contributed by atoms with van der Waals surface area (Å²) in [6, 6.07) is 9.21. The lowest BCUT2D eigenvalue weighted by Crippen LogP contribution is -2.25. The number of aromatic nitrogens is 2. The van der Waals surface area contributed by atoms with Crippen molar-refractivity contribution in [2.45, 2.75) is 33.6 Å². The lowest BCUT2D eigenvalue weighted by Gasteiger charge is -2.09. The summed E-state index contributed by atoms with van der Waals surface area (Å²) < 4.78 is 5.42. The molecule has 128 valence electrons. The van der Waals surface area contributed by atoms with Gasteiger partial charge in [-0.05, 0) is 50.6 Å². The van der Waals surface area contributed by atoms with Crippen molar-refractivity contribution < 1.29 is 9.53 Å². The number of amides is 1. The second-order valence-electron chi connectivity index (χ2n) is 5.41. The maximum Gasteiger partial charge on any atom is 0.270 e. The van der Waals surface area contributed by atoms with E-state index in [1.54, 1.807) is 6.07 Å². The highest BCUT2D eigenvalue weighted by Crippen LogP contribution is 2.18. The van der Waals surface area contributed by atoms with Crippen LogP contribution in [-0.4, -0.2) is 29.0 Å². The van der Waals surface area contributed by atoms with Gasteiger partial charge in [0.1, 0.15) is 11.4 Å². The van der Waals surface area contributed by atoms with E-state index in [9.17, 15) is 4.79 Å². The second-order valence-corrected chi connectivity index (χ2v) is 5.41. The lowest BCUT2D eigenvalue weighted by atomic mass is 10.3. The van der Waals surface area contributed by atoms with Crippen LogP contribution in [0.25, 0.3) is 0 Å². The molecule has 1 heterocycles. The third-order valence-electron chi connectivity index (χ3n) is 3.32. The van der Waals surface area contributed by atoms with Crippen molar-refractivity contribution in [3.63, 3.8) is 0 Å². The molecule has 0 fully saturated rings. The minimum absolute atomic E-state index is 0.177. The minimum Gasteiger partial charge on any atom is -0.494 e. The number of aryl methyl sites for hydroxylation is 1. The molecule has 0 saturated carbocycles. The zero-order valence-electron chi connectivity index (χ0n) is 14.4. The monoisotopic (exact) mass is 328 g/mol. The Morgan fingerprint density at radius 2 is 1.92 bits per heavy atom. The van der Waals surface area contributed by atoms with Crippen molar-refractivity contribution in [1.82, 2.24) is 15.3 Å². The van der Waals surface area contributed by atoms with Crippen molar-refractivity contribution >= 4 is 17.5 Å². The van der Waals surface area contributed by atoms with Crippen LogP contribution in [0.5, 0.6) is 5.75 Å². The van der Waals surface area contributed by atoms with Crippen molar-refractivity contribution in [3.8, 4) is 5.75 Å². The Bertz CT molecular complexity index is 671. The quantitative estimate of drug-likeness (QED) is 0.726. The van der Waals surface area contributed by atoms with Gasteiger partial charge in [0, 0.05) is 17.9 Å². The van der Waals surface area contributed by atoms with Crippen molar-refractivity contribution in [1.29, 1.82) is 0 Å². The van der Waals surface area contributed by atoms with E-state index < -0.39 is 0 Å². The molecule has 1 amide bonds. The Hall–Kier alpha value is -2.63. The maximum absolute atomic E-state index is 12.1. The maximum atomic E-state index is 12.1. The van der Waals surface area contributed by atoms with Crippen LogP contribution in [-0.2, 0) is 0 Å².